The number of nitrogens with zero attached hydrogens (tertiary/aromatic N) is 2. The van der Waals surface area contributed by atoms with Gasteiger partial charge in [0.2, 0.25) is 0 Å². The van der Waals surface area contributed by atoms with Crippen molar-refractivity contribution in [1.82, 2.24) is 9.55 Å². The van der Waals surface area contributed by atoms with Crippen LogP contribution < -0.4 is 11.4 Å². The molecule has 0 radical (unpaired) electrons. The molecular weight excluding hydrogens is 226 g/mol. The monoisotopic (exact) mass is 239 g/mol. The standard InChI is InChI=1S/C10H13N3O4/c11-7-2-4-13(9(16)12-7)8-1-3-10(5-14,6-15)17-8/h1-4,8,14-15H,5-6H2,(H2,11,12,16)/t8-/m1/s1. The topological polar surface area (TPSA) is 111 Å². The molecular formula is C10H13N3O4. The molecule has 0 saturated heterocycles. The van der Waals surface area contributed by atoms with Crippen molar-refractivity contribution in [3.8, 4) is 0 Å². The molecule has 0 spiro atoms. The molecule has 1 aromatic rings. The Hall–Kier alpha value is -1.70. The van der Waals surface area contributed by atoms with E-state index in [1.165, 1.54) is 22.9 Å². The highest BCUT2D eigenvalue weighted by molar-refractivity contribution is 5.24. The molecule has 1 aliphatic heterocycles. The van der Waals surface area contributed by atoms with Crippen molar-refractivity contribution in [2.24, 2.45) is 0 Å². The summed E-state index contributed by atoms with van der Waals surface area (Å²) in [5.74, 6) is 0.129. The van der Waals surface area contributed by atoms with Crippen LogP contribution in [0.15, 0.2) is 29.2 Å². The van der Waals surface area contributed by atoms with Gasteiger partial charge in [-0.3, -0.25) is 4.57 Å². The average molecular weight is 239 g/mol. The first-order valence-electron chi connectivity index (χ1n) is 5.04. The minimum atomic E-state index is -1.15. The van der Waals surface area contributed by atoms with Crippen LogP contribution in [0.3, 0.4) is 0 Å². The lowest BCUT2D eigenvalue weighted by molar-refractivity contribution is -0.107. The van der Waals surface area contributed by atoms with Crippen molar-refractivity contribution in [1.29, 1.82) is 0 Å². The van der Waals surface area contributed by atoms with E-state index >= 15 is 0 Å². The normalized spacial score (nSPS) is 21.9. The molecule has 17 heavy (non-hydrogen) atoms. The zero-order valence-corrected chi connectivity index (χ0v) is 8.98. The molecule has 0 fully saturated rings. The quantitative estimate of drug-likeness (QED) is 0.561. The number of aromatic nitrogens is 2. The molecule has 0 aromatic carbocycles. The Balaban J connectivity index is 2.27. The zero-order valence-electron chi connectivity index (χ0n) is 8.98. The van der Waals surface area contributed by atoms with Crippen LogP contribution in [0.25, 0.3) is 0 Å². The number of aliphatic hydroxyl groups excluding tert-OH is 2. The molecule has 1 aliphatic rings. The molecule has 92 valence electrons. The van der Waals surface area contributed by atoms with Crippen molar-refractivity contribution in [2.75, 3.05) is 18.9 Å². The summed E-state index contributed by atoms with van der Waals surface area (Å²) in [5.41, 5.74) is 3.67. The fourth-order valence-corrected chi connectivity index (χ4v) is 1.58. The maximum absolute atomic E-state index is 11.5. The summed E-state index contributed by atoms with van der Waals surface area (Å²) in [7, 11) is 0. The van der Waals surface area contributed by atoms with E-state index in [9.17, 15) is 4.79 Å². The molecule has 0 amide bonds. The Kier molecular flexibility index (Phi) is 2.97. The molecule has 0 aliphatic carbocycles. The van der Waals surface area contributed by atoms with E-state index in [4.69, 9.17) is 20.7 Å². The van der Waals surface area contributed by atoms with Gasteiger partial charge in [0.05, 0.1) is 13.2 Å². The van der Waals surface area contributed by atoms with Gasteiger partial charge in [0.25, 0.3) is 0 Å². The van der Waals surface area contributed by atoms with E-state index in [2.05, 4.69) is 4.98 Å². The number of rotatable bonds is 3. The second kappa shape index (κ2) is 4.28. The van der Waals surface area contributed by atoms with Gasteiger partial charge >= 0.3 is 5.69 Å². The number of hydrogen-bond donors (Lipinski definition) is 3. The van der Waals surface area contributed by atoms with Crippen molar-refractivity contribution >= 4 is 5.82 Å². The van der Waals surface area contributed by atoms with E-state index < -0.39 is 17.5 Å². The van der Waals surface area contributed by atoms with Crippen molar-refractivity contribution in [2.45, 2.75) is 11.8 Å². The van der Waals surface area contributed by atoms with Crippen LogP contribution >= 0.6 is 0 Å². The fourth-order valence-electron chi connectivity index (χ4n) is 1.58. The number of anilines is 1. The predicted molar refractivity (Wildman–Crippen MR) is 59.1 cm³/mol. The second-order valence-corrected chi connectivity index (χ2v) is 3.79. The number of nitrogen functional groups attached to an aromatic ring is 1. The largest absolute Gasteiger partial charge is 0.393 e. The molecule has 2 heterocycles. The Labute approximate surface area is 96.8 Å². The van der Waals surface area contributed by atoms with Crippen LogP contribution in [-0.2, 0) is 4.74 Å². The van der Waals surface area contributed by atoms with Gasteiger partial charge in [0.15, 0.2) is 6.23 Å². The smallest absolute Gasteiger partial charge is 0.351 e. The maximum atomic E-state index is 11.5. The van der Waals surface area contributed by atoms with E-state index in [1.54, 1.807) is 6.08 Å². The van der Waals surface area contributed by atoms with Crippen molar-refractivity contribution in [3.05, 3.63) is 34.9 Å². The van der Waals surface area contributed by atoms with Crippen molar-refractivity contribution < 1.29 is 14.9 Å². The van der Waals surface area contributed by atoms with Crippen LogP contribution in [0.1, 0.15) is 6.23 Å². The van der Waals surface area contributed by atoms with E-state index in [1.807, 2.05) is 0 Å². The molecule has 7 heteroatoms. The molecule has 0 saturated carbocycles. The number of nitrogens with two attached hydrogens (primary N) is 1. The van der Waals surface area contributed by atoms with Gasteiger partial charge in [0, 0.05) is 6.20 Å². The molecule has 1 atom stereocenters. The lowest BCUT2D eigenvalue weighted by atomic mass is 10.1. The molecule has 7 nitrogen and oxygen atoms in total. The Bertz CT molecular complexity index is 493. The Morgan fingerprint density at radius 2 is 2.24 bits per heavy atom. The Morgan fingerprint density at radius 3 is 2.76 bits per heavy atom. The first-order valence-corrected chi connectivity index (χ1v) is 5.04. The third kappa shape index (κ3) is 2.07. The van der Waals surface area contributed by atoms with Gasteiger partial charge in [-0.15, -0.1) is 0 Å². The van der Waals surface area contributed by atoms with E-state index in [0.717, 1.165) is 0 Å². The van der Waals surface area contributed by atoms with Gasteiger partial charge in [-0.05, 0) is 18.2 Å². The average Bonchev–Trinajstić information content (AvgIpc) is 2.74. The first kappa shape index (κ1) is 11.8. The Morgan fingerprint density at radius 1 is 1.53 bits per heavy atom. The number of hydrogen-bond acceptors (Lipinski definition) is 6. The highest BCUT2D eigenvalue weighted by Gasteiger charge is 2.35. The summed E-state index contributed by atoms with van der Waals surface area (Å²) in [6.07, 6.45) is 3.85. The SMILES string of the molecule is Nc1ccn([C@H]2C=CC(CO)(CO)O2)c(=O)n1. The van der Waals surface area contributed by atoms with Crippen LogP contribution in [0.2, 0.25) is 0 Å². The van der Waals surface area contributed by atoms with Gasteiger partial charge in [-0.25, -0.2) is 4.79 Å². The fraction of sp³-hybridized carbons (Fsp3) is 0.400. The molecule has 0 bridgehead atoms. The summed E-state index contributed by atoms with van der Waals surface area (Å²) < 4.78 is 6.65. The van der Waals surface area contributed by atoms with Crippen LogP contribution in [0.5, 0.6) is 0 Å². The number of aliphatic hydroxyl groups is 2. The van der Waals surface area contributed by atoms with Gasteiger partial charge < -0.3 is 20.7 Å². The predicted octanol–water partition coefficient (Wildman–Crippen LogP) is -1.37. The second-order valence-electron chi connectivity index (χ2n) is 3.79. The van der Waals surface area contributed by atoms with Crippen LogP contribution in [0.4, 0.5) is 5.82 Å². The molecule has 1 aromatic heterocycles. The van der Waals surface area contributed by atoms with Gasteiger partial charge in [-0.1, -0.05) is 0 Å². The highest BCUT2D eigenvalue weighted by atomic mass is 16.5. The summed E-state index contributed by atoms with van der Waals surface area (Å²) >= 11 is 0. The van der Waals surface area contributed by atoms with E-state index in [0.29, 0.717) is 0 Å². The third-order valence-electron chi connectivity index (χ3n) is 2.58. The lowest BCUT2D eigenvalue weighted by Crippen LogP contribution is -2.38. The highest BCUT2D eigenvalue weighted by Crippen LogP contribution is 2.28. The summed E-state index contributed by atoms with van der Waals surface area (Å²) in [5, 5.41) is 18.3. The summed E-state index contributed by atoms with van der Waals surface area (Å²) in [6.45, 7) is -0.735. The summed E-state index contributed by atoms with van der Waals surface area (Å²) in [4.78, 5) is 15.1. The van der Waals surface area contributed by atoms with Gasteiger partial charge in [0.1, 0.15) is 11.4 Å². The molecule has 2 rings (SSSR count). The van der Waals surface area contributed by atoms with Crippen LogP contribution in [0, 0.1) is 0 Å². The summed E-state index contributed by atoms with van der Waals surface area (Å²) in [6, 6.07) is 1.47. The lowest BCUT2D eigenvalue weighted by Gasteiger charge is -2.24. The van der Waals surface area contributed by atoms with Crippen LogP contribution in [-0.4, -0.2) is 38.6 Å². The third-order valence-corrected chi connectivity index (χ3v) is 2.58. The molecule has 0 unspecified atom stereocenters. The minimum absolute atomic E-state index is 0.129. The number of ether oxygens (including phenoxy) is 1. The van der Waals surface area contributed by atoms with Crippen molar-refractivity contribution in [3.63, 3.8) is 0 Å². The first-order chi connectivity index (χ1) is 8.10. The zero-order chi connectivity index (χ0) is 12.5. The van der Waals surface area contributed by atoms with Gasteiger partial charge in [-0.2, -0.15) is 4.98 Å². The van der Waals surface area contributed by atoms with E-state index in [-0.39, 0.29) is 19.0 Å². The minimum Gasteiger partial charge on any atom is -0.393 e. The molecule has 4 N–H and O–H groups in total. The maximum Gasteiger partial charge on any atom is 0.351 e.